The fraction of sp³-hybridized carbons (Fsp3) is 0.750. The van der Waals surface area contributed by atoms with E-state index in [2.05, 4.69) is 10.6 Å². The van der Waals surface area contributed by atoms with Gasteiger partial charge in [-0.1, -0.05) is 0 Å². The summed E-state index contributed by atoms with van der Waals surface area (Å²) in [7, 11) is 0. The van der Waals surface area contributed by atoms with Crippen LogP contribution in [0.15, 0.2) is 0 Å². The van der Waals surface area contributed by atoms with Crippen LogP contribution in [0.1, 0.15) is 25.7 Å². The maximum Gasteiger partial charge on any atom is 0.222 e. The van der Waals surface area contributed by atoms with Crippen LogP contribution >= 0.6 is 0 Å². The number of amides is 2. The molecule has 2 atom stereocenters. The first kappa shape index (κ1) is 8.50. The highest BCUT2D eigenvalue weighted by Crippen LogP contribution is 2.14. The summed E-state index contributed by atoms with van der Waals surface area (Å²) in [6, 6.07) is 0. The highest BCUT2D eigenvalue weighted by molar-refractivity contribution is 5.78. The third kappa shape index (κ3) is 1.98. The van der Waals surface area contributed by atoms with E-state index in [0.29, 0.717) is 25.7 Å². The molecule has 2 heterocycles. The van der Waals surface area contributed by atoms with Crippen LogP contribution in [0.25, 0.3) is 0 Å². The predicted octanol–water partition coefficient (Wildman–Crippen LogP) is -0.525. The highest BCUT2D eigenvalue weighted by Gasteiger charge is 2.28. The summed E-state index contributed by atoms with van der Waals surface area (Å²) in [4.78, 5) is 21.6. The van der Waals surface area contributed by atoms with Crippen molar-refractivity contribution in [2.24, 2.45) is 0 Å². The number of hydrogen-bond acceptors (Lipinski definition) is 3. The van der Waals surface area contributed by atoms with E-state index in [1.807, 2.05) is 0 Å². The fourth-order valence-electron chi connectivity index (χ4n) is 1.57. The summed E-state index contributed by atoms with van der Waals surface area (Å²) in [5.41, 5.74) is 0. The number of carbonyl (C=O) groups excluding carboxylic acids is 2. The maximum absolute atomic E-state index is 10.8. The van der Waals surface area contributed by atoms with Crippen LogP contribution in [0.2, 0.25) is 0 Å². The van der Waals surface area contributed by atoms with Crippen molar-refractivity contribution in [3.63, 3.8) is 0 Å². The molecular formula is C8H12N2O3. The van der Waals surface area contributed by atoms with Gasteiger partial charge < -0.3 is 15.4 Å². The number of carbonyl (C=O) groups is 2. The molecule has 2 unspecified atom stereocenters. The van der Waals surface area contributed by atoms with Gasteiger partial charge in [-0.3, -0.25) is 9.59 Å². The molecule has 13 heavy (non-hydrogen) atoms. The van der Waals surface area contributed by atoms with Gasteiger partial charge in [-0.15, -0.1) is 0 Å². The van der Waals surface area contributed by atoms with Gasteiger partial charge in [0.15, 0.2) is 0 Å². The molecular weight excluding hydrogens is 172 g/mol. The lowest BCUT2D eigenvalue weighted by molar-refractivity contribution is -0.123. The molecule has 2 amide bonds. The summed E-state index contributed by atoms with van der Waals surface area (Å²) in [5, 5.41) is 5.37. The van der Waals surface area contributed by atoms with Crippen LogP contribution in [0.5, 0.6) is 0 Å². The average molecular weight is 184 g/mol. The van der Waals surface area contributed by atoms with Crippen molar-refractivity contribution in [1.82, 2.24) is 10.6 Å². The van der Waals surface area contributed by atoms with Gasteiger partial charge in [0.05, 0.1) is 0 Å². The van der Waals surface area contributed by atoms with Crippen molar-refractivity contribution in [3.05, 3.63) is 0 Å². The lowest BCUT2D eigenvalue weighted by atomic mass is 10.3. The third-order valence-electron chi connectivity index (χ3n) is 2.24. The van der Waals surface area contributed by atoms with E-state index in [0.717, 1.165) is 0 Å². The Bertz CT molecular complexity index is 218. The normalized spacial score (nSPS) is 33.2. The van der Waals surface area contributed by atoms with E-state index in [-0.39, 0.29) is 24.3 Å². The van der Waals surface area contributed by atoms with E-state index in [1.54, 1.807) is 0 Å². The number of nitrogens with one attached hydrogen (secondary N) is 2. The maximum atomic E-state index is 10.8. The molecule has 0 aromatic carbocycles. The minimum absolute atomic E-state index is 0.0225. The van der Waals surface area contributed by atoms with Crippen LogP contribution < -0.4 is 10.6 Å². The Kier molecular flexibility index (Phi) is 2.18. The molecule has 0 bridgehead atoms. The van der Waals surface area contributed by atoms with Crippen LogP contribution in [0, 0.1) is 0 Å². The van der Waals surface area contributed by atoms with E-state index >= 15 is 0 Å². The molecule has 0 aliphatic carbocycles. The van der Waals surface area contributed by atoms with Crippen molar-refractivity contribution in [3.8, 4) is 0 Å². The quantitative estimate of drug-likeness (QED) is 0.606. The molecule has 0 aromatic heterocycles. The predicted molar refractivity (Wildman–Crippen MR) is 43.4 cm³/mol. The summed E-state index contributed by atoms with van der Waals surface area (Å²) in [6.45, 7) is 0. The van der Waals surface area contributed by atoms with Crippen molar-refractivity contribution in [2.75, 3.05) is 0 Å². The Hall–Kier alpha value is -1.10. The zero-order valence-electron chi connectivity index (χ0n) is 7.21. The Morgan fingerprint density at radius 2 is 1.46 bits per heavy atom. The highest BCUT2D eigenvalue weighted by atomic mass is 16.5. The Balaban J connectivity index is 1.78. The van der Waals surface area contributed by atoms with Gasteiger partial charge >= 0.3 is 0 Å². The molecule has 2 fully saturated rings. The van der Waals surface area contributed by atoms with E-state index in [9.17, 15) is 9.59 Å². The molecule has 5 heteroatoms. The number of ether oxygens (including phenoxy) is 1. The van der Waals surface area contributed by atoms with Crippen LogP contribution in [-0.4, -0.2) is 24.3 Å². The molecule has 2 aliphatic heterocycles. The second-order valence-electron chi connectivity index (χ2n) is 3.33. The van der Waals surface area contributed by atoms with Crippen LogP contribution in [0.3, 0.4) is 0 Å². The average Bonchev–Trinajstić information content (AvgIpc) is 2.62. The lowest BCUT2D eigenvalue weighted by Gasteiger charge is -2.17. The van der Waals surface area contributed by atoms with Crippen LogP contribution in [-0.2, 0) is 14.3 Å². The van der Waals surface area contributed by atoms with Gasteiger partial charge in [-0.05, 0) is 0 Å². The van der Waals surface area contributed by atoms with Gasteiger partial charge in [0.25, 0.3) is 0 Å². The van der Waals surface area contributed by atoms with Crippen molar-refractivity contribution in [2.45, 2.75) is 38.1 Å². The summed E-state index contributed by atoms with van der Waals surface area (Å²) in [6.07, 6.45) is 2.01. The molecule has 0 spiro atoms. The number of rotatable bonds is 2. The second-order valence-corrected chi connectivity index (χ2v) is 3.33. The summed E-state index contributed by atoms with van der Waals surface area (Å²) < 4.78 is 5.45. The molecule has 0 aromatic rings. The van der Waals surface area contributed by atoms with Gasteiger partial charge in [-0.25, -0.2) is 0 Å². The minimum Gasteiger partial charge on any atom is -0.336 e. The van der Waals surface area contributed by atoms with Gasteiger partial charge in [0.1, 0.15) is 12.5 Å². The molecule has 2 N–H and O–H groups in total. The minimum atomic E-state index is -0.212. The van der Waals surface area contributed by atoms with Crippen molar-refractivity contribution < 1.29 is 14.3 Å². The molecule has 0 saturated carbocycles. The van der Waals surface area contributed by atoms with Crippen molar-refractivity contribution >= 4 is 11.8 Å². The van der Waals surface area contributed by atoms with Crippen molar-refractivity contribution in [1.29, 1.82) is 0 Å². The fourth-order valence-corrected chi connectivity index (χ4v) is 1.57. The smallest absolute Gasteiger partial charge is 0.222 e. The SMILES string of the molecule is O=C1CCC(OC2CCC(=O)N2)N1. The Morgan fingerprint density at radius 1 is 1.00 bits per heavy atom. The molecule has 72 valence electrons. The first-order chi connectivity index (χ1) is 6.24. The monoisotopic (exact) mass is 184 g/mol. The lowest BCUT2D eigenvalue weighted by Crippen LogP contribution is -2.37. The standard InChI is InChI=1S/C8H12N2O3/c11-5-1-3-7(9-5)13-8-4-2-6(12)10-8/h7-8H,1-4H2,(H,9,11)(H,10,12). The third-order valence-corrected chi connectivity index (χ3v) is 2.24. The first-order valence-electron chi connectivity index (χ1n) is 4.48. The molecule has 0 radical (unpaired) electrons. The summed E-state index contributed by atoms with van der Waals surface area (Å²) in [5.74, 6) is 0.0450. The van der Waals surface area contributed by atoms with Gasteiger partial charge in [-0.2, -0.15) is 0 Å². The molecule has 5 nitrogen and oxygen atoms in total. The topological polar surface area (TPSA) is 67.4 Å². The Morgan fingerprint density at radius 3 is 1.77 bits per heavy atom. The van der Waals surface area contributed by atoms with E-state index in [1.165, 1.54) is 0 Å². The summed E-state index contributed by atoms with van der Waals surface area (Å²) >= 11 is 0. The largest absolute Gasteiger partial charge is 0.336 e. The van der Waals surface area contributed by atoms with Crippen LogP contribution in [0.4, 0.5) is 0 Å². The Labute approximate surface area is 75.8 Å². The first-order valence-corrected chi connectivity index (χ1v) is 4.48. The second kappa shape index (κ2) is 3.33. The van der Waals surface area contributed by atoms with E-state index in [4.69, 9.17) is 4.74 Å². The number of hydrogen-bond donors (Lipinski definition) is 2. The van der Waals surface area contributed by atoms with Gasteiger partial charge in [0, 0.05) is 25.7 Å². The zero-order chi connectivity index (χ0) is 9.26. The molecule has 2 aliphatic rings. The van der Waals surface area contributed by atoms with E-state index < -0.39 is 0 Å². The van der Waals surface area contributed by atoms with Gasteiger partial charge in [0.2, 0.25) is 11.8 Å². The molecule has 2 rings (SSSR count). The molecule has 2 saturated heterocycles. The zero-order valence-corrected chi connectivity index (χ0v) is 7.21.